The Kier molecular flexibility index (Phi) is 5.99. The summed E-state index contributed by atoms with van der Waals surface area (Å²) in [5, 5.41) is 0.432. The summed E-state index contributed by atoms with van der Waals surface area (Å²) in [5.74, 6) is -0.149. The number of carbonyl (C=O) groups is 1. The summed E-state index contributed by atoms with van der Waals surface area (Å²) in [4.78, 5) is 43.6. The van der Waals surface area contributed by atoms with E-state index in [2.05, 4.69) is 9.97 Å². The zero-order valence-electron chi connectivity index (χ0n) is 15.7. The number of aromatic nitrogens is 4. The number of nitrogens with zero attached hydrogens (tertiary/aromatic N) is 3. The number of hydrogen-bond acceptors (Lipinski definition) is 5. The molecule has 8 nitrogen and oxygen atoms in total. The zero-order valence-corrected chi connectivity index (χ0v) is 16.5. The van der Waals surface area contributed by atoms with E-state index in [-0.39, 0.29) is 6.61 Å². The van der Waals surface area contributed by atoms with Crippen molar-refractivity contribution in [1.29, 1.82) is 0 Å². The van der Waals surface area contributed by atoms with Crippen molar-refractivity contribution in [3.63, 3.8) is 0 Å². The van der Waals surface area contributed by atoms with Gasteiger partial charge in [-0.2, -0.15) is 0 Å². The van der Waals surface area contributed by atoms with Gasteiger partial charge in [0.05, 0.1) is 5.56 Å². The molecule has 0 spiro atoms. The standard InChI is InChI=1S/C19H21ClN4O4/c1-3-5-9-24-16-15(17(25)22-19(24)27)23(4-2)14(21-16)11-28-18(26)12-7-6-8-13(20)10-12/h6-8,10H,3-5,9,11H2,1-2H3,(H,22,25,27). The lowest BCUT2D eigenvalue weighted by molar-refractivity contribution is 0.0458. The fraction of sp³-hybridized carbons (Fsp3) is 0.368. The number of aryl methyl sites for hydroxylation is 2. The minimum atomic E-state index is -0.547. The van der Waals surface area contributed by atoms with E-state index < -0.39 is 17.2 Å². The summed E-state index contributed by atoms with van der Waals surface area (Å²) in [6, 6.07) is 6.44. The Balaban J connectivity index is 1.97. The predicted octanol–water partition coefficient (Wildman–Crippen LogP) is 2.72. The highest BCUT2D eigenvalue weighted by Crippen LogP contribution is 2.15. The molecule has 0 amide bonds. The quantitative estimate of drug-likeness (QED) is 0.610. The average molecular weight is 405 g/mol. The maximum absolute atomic E-state index is 12.4. The van der Waals surface area contributed by atoms with Crippen LogP contribution in [0, 0.1) is 0 Å². The molecular formula is C19H21ClN4O4. The van der Waals surface area contributed by atoms with Crippen LogP contribution in [0.3, 0.4) is 0 Å². The van der Waals surface area contributed by atoms with Gasteiger partial charge in [-0.05, 0) is 31.5 Å². The maximum atomic E-state index is 12.4. The number of rotatable bonds is 7. The minimum Gasteiger partial charge on any atom is -0.454 e. The van der Waals surface area contributed by atoms with E-state index in [4.69, 9.17) is 16.3 Å². The van der Waals surface area contributed by atoms with Gasteiger partial charge in [-0.1, -0.05) is 31.0 Å². The van der Waals surface area contributed by atoms with Crippen molar-refractivity contribution in [1.82, 2.24) is 19.1 Å². The summed E-state index contributed by atoms with van der Waals surface area (Å²) >= 11 is 5.90. The van der Waals surface area contributed by atoms with Crippen LogP contribution >= 0.6 is 11.6 Å². The molecule has 0 saturated carbocycles. The van der Waals surface area contributed by atoms with Gasteiger partial charge >= 0.3 is 11.7 Å². The molecule has 3 aromatic rings. The summed E-state index contributed by atoms with van der Waals surface area (Å²) in [6.07, 6.45) is 1.67. The van der Waals surface area contributed by atoms with Crippen LogP contribution in [0.4, 0.5) is 0 Å². The molecule has 0 aliphatic rings. The summed E-state index contributed by atoms with van der Waals surface area (Å²) in [5.41, 5.74) is -0.0714. The van der Waals surface area contributed by atoms with Crippen molar-refractivity contribution in [2.45, 2.75) is 46.4 Å². The lowest BCUT2D eigenvalue weighted by atomic mass is 10.2. The van der Waals surface area contributed by atoms with Gasteiger partial charge in [0, 0.05) is 18.1 Å². The molecule has 0 unspecified atom stereocenters. The van der Waals surface area contributed by atoms with E-state index in [0.29, 0.717) is 40.7 Å². The number of H-pyrrole nitrogens is 1. The number of imidazole rings is 1. The molecule has 0 fully saturated rings. The molecule has 0 bridgehead atoms. The molecule has 148 valence electrons. The third-order valence-corrected chi connectivity index (χ3v) is 4.64. The van der Waals surface area contributed by atoms with Crippen LogP contribution in [0.5, 0.6) is 0 Å². The number of ether oxygens (including phenoxy) is 1. The molecule has 9 heteroatoms. The lowest BCUT2D eigenvalue weighted by Crippen LogP contribution is -2.31. The van der Waals surface area contributed by atoms with Crippen molar-refractivity contribution in [2.75, 3.05) is 0 Å². The SMILES string of the molecule is CCCCn1c(=O)[nH]c(=O)c2c1nc(COC(=O)c1cccc(Cl)c1)n2CC. The van der Waals surface area contributed by atoms with E-state index in [9.17, 15) is 14.4 Å². The van der Waals surface area contributed by atoms with Crippen molar-refractivity contribution in [3.05, 3.63) is 61.5 Å². The Morgan fingerprint density at radius 1 is 1.25 bits per heavy atom. The number of hydrogen-bond donors (Lipinski definition) is 1. The summed E-state index contributed by atoms with van der Waals surface area (Å²) in [6.45, 7) is 4.62. The van der Waals surface area contributed by atoms with Crippen molar-refractivity contribution in [2.24, 2.45) is 0 Å². The van der Waals surface area contributed by atoms with E-state index in [0.717, 1.165) is 12.8 Å². The number of carbonyl (C=O) groups excluding carboxylic acids is 1. The second-order valence-electron chi connectivity index (χ2n) is 6.30. The van der Waals surface area contributed by atoms with Gasteiger partial charge in [0.2, 0.25) is 0 Å². The Bertz CT molecular complexity index is 1130. The normalized spacial score (nSPS) is 11.1. The second kappa shape index (κ2) is 8.43. The van der Waals surface area contributed by atoms with E-state index in [1.807, 2.05) is 13.8 Å². The van der Waals surface area contributed by atoms with Crippen LogP contribution < -0.4 is 11.2 Å². The number of nitrogens with one attached hydrogen (secondary N) is 1. The third kappa shape index (κ3) is 3.87. The topological polar surface area (TPSA) is 99.0 Å². The van der Waals surface area contributed by atoms with Gasteiger partial charge in [-0.15, -0.1) is 0 Å². The van der Waals surface area contributed by atoms with Gasteiger partial charge in [-0.3, -0.25) is 14.3 Å². The first kappa shape index (κ1) is 19.9. The van der Waals surface area contributed by atoms with Crippen LogP contribution in [0.1, 0.15) is 42.9 Å². The first-order valence-electron chi connectivity index (χ1n) is 9.11. The third-order valence-electron chi connectivity index (χ3n) is 4.41. The fourth-order valence-electron chi connectivity index (χ4n) is 3.02. The van der Waals surface area contributed by atoms with Gasteiger partial charge in [0.1, 0.15) is 12.4 Å². The smallest absolute Gasteiger partial charge is 0.338 e. The van der Waals surface area contributed by atoms with E-state index in [1.54, 1.807) is 22.8 Å². The first-order chi connectivity index (χ1) is 13.5. The minimum absolute atomic E-state index is 0.130. The van der Waals surface area contributed by atoms with Crippen LogP contribution in [0.25, 0.3) is 11.2 Å². The number of esters is 1. The van der Waals surface area contributed by atoms with Crippen molar-refractivity contribution < 1.29 is 9.53 Å². The zero-order chi connectivity index (χ0) is 20.3. The Morgan fingerprint density at radius 3 is 2.71 bits per heavy atom. The first-order valence-corrected chi connectivity index (χ1v) is 9.49. The number of benzene rings is 1. The molecule has 1 aromatic carbocycles. The Hall–Kier alpha value is -2.87. The van der Waals surface area contributed by atoms with Crippen LogP contribution in [0.15, 0.2) is 33.9 Å². The highest BCUT2D eigenvalue weighted by atomic mass is 35.5. The van der Waals surface area contributed by atoms with Crippen molar-refractivity contribution >= 4 is 28.7 Å². The van der Waals surface area contributed by atoms with Gasteiger partial charge in [0.15, 0.2) is 11.2 Å². The largest absolute Gasteiger partial charge is 0.454 e. The Labute approximate surface area is 165 Å². The van der Waals surface area contributed by atoms with Crippen LogP contribution in [0.2, 0.25) is 5.02 Å². The van der Waals surface area contributed by atoms with Gasteiger partial charge < -0.3 is 9.30 Å². The lowest BCUT2D eigenvalue weighted by Gasteiger charge is -2.07. The van der Waals surface area contributed by atoms with E-state index >= 15 is 0 Å². The molecule has 0 radical (unpaired) electrons. The molecule has 2 heterocycles. The summed E-state index contributed by atoms with van der Waals surface area (Å²) in [7, 11) is 0. The molecule has 28 heavy (non-hydrogen) atoms. The number of halogens is 1. The van der Waals surface area contributed by atoms with Crippen LogP contribution in [-0.4, -0.2) is 25.1 Å². The average Bonchev–Trinajstić information content (AvgIpc) is 3.04. The second-order valence-corrected chi connectivity index (χ2v) is 6.73. The molecule has 0 atom stereocenters. The highest BCUT2D eigenvalue weighted by molar-refractivity contribution is 6.30. The van der Waals surface area contributed by atoms with Gasteiger partial charge in [-0.25, -0.2) is 14.6 Å². The molecule has 3 rings (SSSR count). The molecule has 0 aliphatic heterocycles. The predicted molar refractivity (Wildman–Crippen MR) is 106 cm³/mol. The molecule has 0 aliphatic carbocycles. The highest BCUT2D eigenvalue weighted by Gasteiger charge is 2.19. The fourth-order valence-corrected chi connectivity index (χ4v) is 3.21. The van der Waals surface area contributed by atoms with Crippen LogP contribution in [-0.2, 0) is 24.4 Å². The molecule has 2 aromatic heterocycles. The molecule has 0 saturated heterocycles. The summed E-state index contributed by atoms with van der Waals surface area (Å²) < 4.78 is 8.46. The number of fused-ring (bicyclic) bond motifs is 1. The maximum Gasteiger partial charge on any atom is 0.338 e. The van der Waals surface area contributed by atoms with Crippen molar-refractivity contribution in [3.8, 4) is 0 Å². The van der Waals surface area contributed by atoms with E-state index in [1.165, 1.54) is 10.6 Å². The number of unbranched alkanes of at least 4 members (excludes halogenated alkanes) is 1. The monoisotopic (exact) mass is 404 g/mol. The molecule has 1 N–H and O–H groups in total. The Morgan fingerprint density at radius 2 is 2.04 bits per heavy atom. The molecular weight excluding hydrogens is 384 g/mol. The number of aromatic amines is 1. The van der Waals surface area contributed by atoms with Gasteiger partial charge in [0.25, 0.3) is 5.56 Å².